The van der Waals surface area contributed by atoms with E-state index >= 15 is 0 Å². The third kappa shape index (κ3) is 2.63. The van der Waals surface area contributed by atoms with Gasteiger partial charge in [-0.1, -0.05) is 18.2 Å². The number of hydrogen-bond donors (Lipinski definition) is 0. The molecule has 5 heteroatoms. The summed E-state index contributed by atoms with van der Waals surface area (Å²) in [6.45, 7) is 0.578. The summed E-state index contributed by atoms with van der Waals surface area (Å²) in [5.41, 5.74) is 2.30. The van der Waals surface area contributed by atoms with Gasteiger partial charge in [0, 0.05) is 18.6 Å². The average Bonchev–Trinajstić information content (AvgIpc) is 2.90. The second-order valence-corrected chi connectivity index (χ2v) is 5.49. The van der Waals surface area contributed by atoms with Crippen molar-refractivity contribution in [2.75, 3.05) is 11.9 Å². The van der Waals surface area contributed by atoms with Crippen LogP contribution in [-0.4, -0.2) is 12.0 Å². The summed E-state index contributed by atoms with van der Waals surface area (Å²) >= 11 is 3.30. The predicted octanol–water partition coefficient (Wildman–Crippen LogP) is 4.10. The van der Waals surface area contributed by atoms with Gasteiger partial charge in [-0.3, -0.25) is 4.98 Å². The Hall–Kier alpha value is -2.32. The van der Waals surface area contributed by atoms with Gasteiger partial charge in [0.15, 0.2) is 4.67 Å². The van der Waals surface area contributed by atoms with Crippen LogP contribution < -0.4 is 4.90 Å². The summed E-state index contributed by atoms with van der Waals surface area (Å²) in [4.78, 5) is 6.33. The predicted molar refractivity (Wildman–Crippen MR) is 85.0 cm³/mol. The van der Waals surface area contributed by atoms with Gasteiger partial charge >= 0.3 is 0 Å². The van der Waals surface area contributed by atoms with Gasteiger partial charge in [-0.05, 0) is 34.1 Å². The van der Waals surface area contributed by atoms with E-state index in [9.17, 15) is 5.26 Å². The van der Waals surface area contributed by atoms with Crippen molar-refractivity contribution >= 4 is 32.5 Å². The van der Waals surface area contributed by atoms with E-state index in [4.69, 9.17) is 4.42 Å². The maximum atomic E-state index is 9.35. The smallest absolute Gasteiger partial charge is 0.169 e. The highest BCUT2D eigenvalue weighted by molar-refractivity contribution is 9.10. The lowest BCUT2D eigenvalue weighted by atomic mass is 10.1. The molecule has 0 radical (unpaired) electrons. The summed E-state index contributed by atoms with van der Waals surface area (Å²) < 4.78 is 6.24. The molecule has 0 bridgehead atoms. The molecule has 0 saturated carbocycles. The van der Waals surface area contributed by atoms with Crippen LogP contribution in [-0.2, 0) is 6.54 Å². The molecule has 21 heavy (non-hydrogen) atoms. The standard InChI is InChI=1S/C16H12BrN3O/c1-20(10-12-6-7-15(17)21-12)16-11(8-18)9-19-14-5-3-2-4-13(14)16/h2-7,9H,10H2,1H3. The number of fused-ring (bicyclic) bond motifs is 1. The fourth-order valence-corrected chi connectivity index (χ4v) is 2.71. The number of anilines is 1. The van der Waals surface area contributed by atoms with Crippen molar-refractivity contribution in [3.8, 4) is 6.07 Å². The van der Waals surface area contributed by atoms with Crippen molar-refractivity contribution in [3.63, 3.8) is 0 Å². The number of hydrogen-bond acceptors (Lipinski definition) is 4. The Morgan fingerprint density at radius 1 is 1.29 bits per heavy atom. The maximum Gasteiger partial charge on any atom is 0.169 e. The zero-order chi connectivity index (χ0) is 14.8. The van der Waals surface area contributed by atoms with Crippen LogP contribution in [0.15, 0.2) is 51.7 Å². The number of nitriles is 1. The highest BCUT2D eigenvalue weighted by Crippen LogP contribution is 2.29. The van der Waals surface area contributed by atoms with Crippen LogP contribution in [0.5, 0.6) is 0 Å². The summed E-state index contributed by atoms with van der Waals surface area (Å²) in [5, 5.41) is 10.3. The Kier molecular flexibility index (Phi) is 3.63. The Bertz CT molecular complexity index is 835. The van der Waals surface area contributed by atoms with Crippen LogP contribution >= 0.6 is 15.9 Å². The van der Waals surface area contributed by atoms with E-state index in [1.807, 2.05) is 48.3 Å². The minimum absolute atomic E-state index is 0.557. The lowest BCUT2D eigenvalue weighted by Crippen LogP contribution is -2.17. The third-order valence-corrected chi connectivity index (χ3v) is 3.70. The highest BCUT2D eigenvalue weighted by atomic mass is 79.9. The Morgan fingerprint density at radius 2 is 2.10 bits per heavy atom. The van der Waals surface area contributed by atoms with Crippen molar-refractivity contribution < 1.29 is 4.42 Å². The Balaban J connectivity index is 2.07. The van der Waals surface area contributed by atoms with E-state index in [1.54, 1.807) is 6.20 Å². The van der Waals surface area contributed by atoms with E-state index < -0.39 is 0 Å². The first-order valence-electron chi connectivity index (χ1n) is 6.42. The SMILES string of the molecule is CN(Cc1ccc(Br)o1)c1c(C#N)cnc2ccccc12. The van der Waals surface area contributed by atoms with Gasteiger partial charge in [0.25, 0.3) is 0 Å². The molecule has 0 aliphatic carbocycles. The number of rotatable bonds is 3. The van der Waals surface area contributed by atoms with Crippen LogP contribution in [0.1, 0.15) is 11.3 Å². The maximum absolute atomic E-state index is 9.35. The zero-order valence-corrected chi connectivity index (χ0v) is 13.0. The van der Waals surface area contributed by atoms with Crippen LogP contribution in [0.4, 0.5) is 5.69 Å². The Labute approximate surface area is 130 Å². The van der Waals surface area contributed by atoms with Gasteiger partial charge in [0.1, 0.15) is 11.8 Å². The molecule has 0 aliphatic rings. The normalized spacial score (nSPS) is 10.5. The first-order chi connectivity index (χ1) is 10.2. The number of benzene rings is 1. The molecule has 0 fully saturated rings. The van der Waals surface area contributed by atoms with Gasteiger partial charge < -0.3 is 9.32 Å². The fraction of sp³-hybridized carbons (Fsp3) is 0.125. The molecule has 3 aromatic rings. The number of pyridine rings is 1. The zero-order valence-electron chi connectivity index (χ0n) is 11.4. The van der Waals surface area contributed by atoms with E-state index in [-0.39, 0.29) is 0 Å². The van der Waals surface area contributed by atoms with Gasteiger partial charge in [0.05, 0.1) is 23.3 Å². The Morgan fingerprint density at radius 3 is 2.81 bits per heavy atom. The summed E-state index contributed by atoms with van der Waals surface area (Å²) in [6.07, 6.45) is 1.62. The van der Waals surface area contributed by atoms with E-state index in [0.29, 0.717) is 16.8 Å². The lowest BCUT2D eigenvalue weighted by molar-refractivity contribution is 0.486. The van der Waals surface area contributed by atoms with Gasteiger partial charge in [-0.2, -0.15) is 5.26 Å². The van der Waals surface area contributed by atoms with Gasteiger partial charge in [0.2, 0.25) is 0 Å². The number of para-hydroxylation sites is 1. The highest BCUT2D eigenvalue weighted by Gasteiger charge is 2.14. The number of aromatic nitrogens is 1. The molecule has 3 rings (SSSR count). The molecule has 2 aromatic heterocycles. The largest absolute Gasteiger partial charge is 0.452 e. The summed E-state index contributed by atoms with van der Waals surface area (Å²) in [6, 6.07) is 13.8. The topological polar surface area (TPSA) is 53.1 Å². The number of furan rings is 1. The fourth-order valence-electron chi connectivity index (χ4n) is 2.37. The minimum Gasteiger partial charge on any atom is -0.452 e. The van der Waals surface area contributed by atoms with Crippen LogP contribution in [0.3, 0.4) is 0 Å². The van der Waals surface area contributed by atoms with Crippen LogP contribution in [0, 0.1) is 11.3 Å². The molecule has 0 amide bonds. The van der Waals surface area contributed by atoms with Gasteiger partial charge in [-0.15, -0.1) is 0 Å². The average molecular weight is 342 g/mol. The molecule has 1 aromatic carbocycles. The lowest BCUT2D eigenvalue weighted by Gasteiger charge is -2.21. The van der Waals surface area contributed by atoms with Crippen molar-refractivity contribution in [2.45, 2.75) is 6.54 Å². The molecule has 0 N–H and O–H groups in total. The molecule has 0 unspecified atom stereocenters. The molecule has 4 nitrogen and oxygen atoms in total. The second-order valence-electron chi connectivity index (χ2n) is 4.71. The second kappa shape index (κ2) is 5.58. The van der Waals surface area contributed by atoms with Crippen molar-refractivity contribution in [3.05, 3.63) is 58.6 Å². The summed E-state index contributed by atoms with van der Waals surface area (Å²) in [5.74, 6) is 0.828. The quantitative estimate of drug-likeness (QED) is 0.719. The molecular weight excluding hydrogens is 330 g/mol. The first-order valence-corrected chi connectivity index (χ1v) is 7.21. The molecule has 0 spiro atoms. The molecular formula is C16H12BrN3O. The molecule has 2 heterocycles. The molecule has 0 atom stereocenters. The minimum atomic E-state index is 0.557. The molecule has 0 saturated heterocycles. The van der Waals surface area contributed by atoms with Crippen LogP contribution in [0.2, 0.25) is 0 Å². The van der Waals surface area contributed by atoms with Crippen LogP contribution in [0.25, 0.3) is 10.9 Å². The van der Waals surface area contributed by atoms with E-state index in [2.05, 4.69) is 27.0 Å². The van der Waals surface area contributed by atoms with E-state index in [0.717, 1.165) is 22.4 Å². The third-order valence-electron chi connectivity index (χ3n) is 3.27. The molecule has 104 valence electrons. The van der Waals surface area contributed by atoms with Crippen molar-refractivity contribution in [2.24, 2.45) is 0 Å². The number of halogens is 1. The van der Waals surface area contributed by atoms with E-state index in [1.165, 1.54) is 0 Å². The molecule has 0 aliphatic heterocycles. The van der Waals surface area contributed by atoms with Crippen molar-refractivity contribution in [1.29, 1.82) is 5.26 Å². The summed E-state index contributed by atoms with van der Waals surface area (Å²) in [7, 11) is 1.94. The van der Waals surface area contributed by atoms with Crippen molar-refractivity contribution in [1.82, 2.24) is 4.98 Å². The number of nitrogens with zero attached hydrogens (tertiary/aromatic N) is 3. The monoisotopic (exact) mass is 341 g/mol. The van der Waals surface area contributed by atoms with Gasteiger partial charge in [-0.25, -0.2) is 0 Å². The first kappa shape index (κ1) is 13.7.